The van der Waals surface area contributed by atoms with Crippen LogP contribution < -0.4 is 5.32 Å². The summed E-state index contributed by atoms with van der Waals surface area (Å²) in [5.41, 5.74) is 0. The molecule has 18 heavy (non-hydrogen) atoms. The molecule has 5 heteroatoms. The van der Waals surface area contributed by atoms with Gasteiger partial charge in [-0.1, -0.05) is 13.8 Å². The van der Waals surface area contributed by atoms with Gasteiger partial charge in [-0.05, 0) is 24.7 Å². The second-order valence-corrected chi connectivity index (χ2v) is 5.31. The quantitative estimate of drug-likeness (QED) is 0.701. The molecular formula is C13H26N2O3. The SMILES string of the molecule is CC(C)COCCNC(=O)N1CCC(CO)CC1. The lowest BCUT2D eigenvalue weighted by atomic mass is 9.98. The normalized spacial score (nSPS) is 17.2. The van der Waals surface area contributed by atoms with Crippen LogP contribution in [0, 0.1) is 11.8 Å². The molecule has 0 aromatic rings. The summed E-state index contributed by atoms with van der Waals surface area (Å²) < 4.78 is 5.40. The largest absolute Gasteiger partial charge is 0.396 e. The van der Waals surface area contributed by atoms with Gasteiger partial charge in [0.15, 0.2) is 0 Å². The number of urea groups is 1. The van der Waals surface area contributed by atoms with Gasteiger partial charge in [-0.25, -0.2) is 4.79 Å². The number of ether oxygens (including phenoxy) is 1. The summed E-state index contributed by atoms with van der Waals surface area (Å²) in [4.78, 5) is 13.6. The first kappa shape index (κ1) is 15.2. The number of carbonyl (C=O) groups excluding carboxylic acids is 1. The Bertz CT molecular complexity index is 238. The molecule has 0 atom stereocenters. The summed E-state index contributed by atoms with van der Waals surface area (Å²) in [7, 11) is 0. The number of aliphatic hydroxyl groups excluding tert-OH is 1. The van der Waals surface area contributed by atoms with Gasteiger partial charge in [0.05, 0.1) is 6.61 Å². The van der Waals surface area contributed by atoms with Crippen molar-refractivity contribution in [2.45, 2.75) is 26.7 Å². The number of aliphatic hydroxyl groups is 1. The zero-order chi connectivity index (χ0) is 13.4. The number of hydrogen-bond acceptors (Lipinski definition) is 3. The molecular weight excluding hydrogens is 232 g/mol. The van der Waals surface area contributed by atoms with Gasteiger partial charge in [0.1, 0.15) is 0 Å². The zero-order valence-corrected chi connectivity index (χ0v) is 11.5. The van der Waals surface area contributed by atoms with E-state index in [0.717, 1.165) is 32.5 Å². The van der Waals surface area contributed by atoms with Crippen molar-refractivity contribution in [2.75, 3.05) is 39.5 Å². The van der Waals surface area contributed by atoms with Crippen LogP contribution in [0.3, 0.4) is 0 Å². The summed E-state index contributed by atoms with van der Waals surface area (Å²) in [6.07, 6.45) is 1.79. The van der Waals surface area contributed by atoms with Crippen LogP contribution in [0.15, 0.2) is 0 Å². The number of nitrogens with one attached hydrogen (secondary N) is 1. The van der Waals surface area contributed by atoms with E-state index in [2.05, 4.69) is 19.2 Å². The Kier molecular flexibility index (Phi) is 7.05. The highest BCUT2D eigenvalue weighted by Gasteiger charge is 2.21. The molecule has 1 fully saturated rings. The first-order valence-electron chi connectivity index (χ1n) is 6.85. The van der Waals surface area contributed by atoms with Gasteiger partial charge in [0, 0.05) is 32.8 Å². The lowest BCUT2D eigenvalue weighted by molar-refractivity contribution is 0.108. The molecule has 1 rings (SSSR count). The lowest BCUT2D eigenvalue weighted by Crippen LogP contribution is -2.45. The summed E-state index contributed by atoms with van der Waals surface area (Å²) >= 11 is 0. The maximum atomic E-state index is 11.8. The highest BCUT2D eigenvalue weighted by molar-refractivity contribution is 5.74. The van der Waals surface area contributed by atoms with Crippen LogP contribution in [0.1, 0.15) is 26.7 Å². The third-order valence-corrected chi connectivity index (χ3v) is 3.13. The number of hydrogen-bond donors (Lipinski definition) is 2. The standard InChI is InChI=1S/C13H26N2O3/c1-11(2)10-18-8-5-14-13(17)15-6-3-12(9-16)4-7-15/h11-12,16H,3-10H2,1-2H3,(H,14,17). The summed E-state index contributed by atoms with van der Waals surface area (Å²) in [6.45, 7) is 7.78. The summed E-state index contributed by atoms with van der Waals surface area (Å²) in [5.74, 6) is 0.890. The van der Waals surface area contributed by atoms with Crippen LogP contribution in [0.5, 0.6) is 0 Å². The molecule has 0 aliphatic carbocycles. The van der Waals surface area contributed by atoms with Gasteiger partial charge in [-0.3, -0.25) is 0 Å². The van der Waals surface area contributed by atoms with Crippen LogP contribution in [-0.4, -0.2) is 55.5 Å². The van der Waals surface area contributed by atoms with Gasteiger partial charge in [-0.15, -0.1) is 0 Å². The van der Waals surface area contributed by atoms with E-state index in [4.69, 9.17) is 9.84 Å². The number of nitrogens with zero attached hydrogens (tertiary/aromatic N) is 1. The molecule has 1 aliphatic heterocycles. The molecule has 0 saturated carbocycles. The van der Waals surface area contributed by atoms with Crippen LogP contribution in [0.25, 0.3) is 0 Å². The smallest absolute Gasteiger partial charge is 0.317 e. The van der Waals surface area contributed by atoms with Crippen LogP contribution in [-0.2, 0) is 4.74 Å². The van der Waals surface area contributed by atoms with Crippen LogP contribution in [0.4, 0.5) is 4.79 Å². The van der Waals surface area contributed by atoms with Crippen molar-refractivity contribution in [1.29, 1.82) is 0 Å². The average molecular weight is 258 g/mol. The number of carbonyl (C=O) groups is 1. The molecule has 0 spiro atoms. The molecule has 0 unspecified atom stereocenters. The van der Waals surface area contributed by atoms with Gasteiger partial charge < -0.3 is 20.1 Å². The minimum absolute atomic E-state index is 0.0143. The predicted octanol–water partition coefficient (Wildman–Crippen LogP) is 1.07. The number of likely N-dealkylation sites (tertiary alicyclic amines) is 1. The molecule has 2 amide bonds. The molecule has 0 aromatic carbocycles. The fourth-order valence-electron chi connectivity index (χ4n) is 1.98. The first-order chi connectivity index (χ1) is 8.63. The summed E-state index contributed by atoms with van der Waals surface area (Å²) in [6, 6.07) is -0.0143. The molecule has 0 radical (unpaired) electrons. The topological polar surface area (TPSA) is 61.8 Å². The van der Waals surface area contributed by atoms with E-state index in [1.165, 1.54) is 0 Å². The Morgan fingerprint density at radius 2 is 2.11 bits per heavy atom. The van der Waals surface area contributed by atoms with E-state index < -0.39 is 0 Å². The summed E-state index contributed by atoms with van der Waals surface area (Å²) in [5, 5.41) is 11.9. The fourth-order valence-corrected chi connectivity index (χ4v) is 1.98. The molecule has 2 N–H and O–H groups in total. The maximum absolute atomic E-state index is 11.8. The zero-order valence-electron chi connectivity index (χ0n) is 11.5. The van der Waals surface area contributed by atoms with E-state index in [1.54, 1.807) is 0 Å². The number of rotatable bonds is 6. The molecule has 0 bridgehead atoms. The predicted molar refractivity (Wildman–Crippen MR) is 70.4 cm³/mol. The Morgan fingerprint density at radius 3 is 2.67 bits per heavy atom. The van der Waals surface area contributed by atoms with E-state index >= 15 is 0 Å². The van der Waals surface area contributed by atoms with Crippen molar-refractivity contribution in [3.8, 4) is 0 Å². The second-order valence-electron chi connectivity index (χ2n) is 5.31. The highest BCUT2D eigenvalue weighted by Crippen LogP contribution is 2.15. The van der Waals surface area contributed by atoms with Crippen LogP contribution in [0.2, 0.25) is 0 Å². The van der Waals surface area contributed by atoms with Gasteiger partial charge in [0.25, 0.3) is 0 Å². The third kappa shape index (κ3) is 5.69. The minimum atomic E-state index is -0.0143. The monoisotopic (exact) mass is 258 g/mol. The van der Waals surface area contributed by atoms with E-state index in [-0.39, 0.29) is 12.6 Å². The van der Waals surface area contributed by atoms with Crippen molar-refractivity contribution in [2.24, 2.45) is 11.8 Å². The third-order valence-electron chi connectivity index (χ3n) is 3.13. The van der Waals surface area contributed by atoms with Crippen LogP contribution >= 0.6 is 0 Å². The fraction of sp³-hybridized carbons (Fsp3) is 0.923. The highest BCUT2D eigenvalue weighted by atomic mass is 16.5. The Hall–Kier alpha value is -0.810. The number of amides is 2. The Labute approximate surface area is 109 Å². The van der Waals surface area contributed by atoms with Crippen molar-refractivity contribution in [1.82, 2.24) is 10.2 Å². The number of piperidine rings is 1. The molecule has 1 aliphatic rings. The Balaban J connectivity index is 2.07. The molecule has 1 saturated heterocycles. The Morgan fingerprint density at radius 1 is 1.44 bits per heavy atom. The second kappa shape index (κ2) is 8.32. The van der Waals surface area contributed by atoms with Gasteiger partial charge in [-0.2, -0.15) is 0 Å². The van der Waals surface area contributed by atoms with Crippen molar-refractivity contribution >= 4 is 6.03 Å². The van der Waals surface area contributed by atoms with E-state index in [9.17, 15) is 4.79 Å². The van der Waals surface area contributed by atoms with Gasteiger partial charge in [0.2, 0.25) is 0 Å². The molecule has 106 valence electrons. The van der Waals surface area contributed by atoms with E-state index in [0.29, 0.717) is 25.0 Å². The van der Waals surface area contributed by atoms with Crippen molar-refractivity contribution in [3.63, 3.8) is 0 Å². The van der Waals surface area contributed by atoms with Crippen molar-refractivity contribution < 1.29 is 14.6 Å². The lowest BCUT2D eigenvalue weighted by Gasteiger charge is -2.31. The molecule has 5 nitrogen and oxygen atoms in total. The van der Waals surface area contributed by atoms with Crippen molar-refractivity contribution in [3.05, 3.63) is 0 Å². The maximum Gasteiger partial charge on any atom is 0.317 e. The molecule has 1 heterocycles. The first-order valence-corrected chi connectivity index (χ1v) is 6.85. The average Bonchev–Trinajstić information content (AvgIpc) is 2.38. The van der Waals surface area contributed by atoms with Gasteiger partial charge >= 0.3 is 6.03 Å². The minimum Gasteiger partial charge on any atom is -0.396 e. The molecule has 0 aromatic heterocycles. The van der Waals surface area contributed by atoms with E-state index in [1.807, 2.05) is 4.90 Å².